The predicted octanol–water partition coefficient (Wildman–Crippen LogP) is 0.427. The van der Waals surface area contributed by atoms with Crippen LogP contribution < -0.4 is 5.32 Å². The first kappa shape index (κ1) is 20.7. The van der Waals surface area contributed by atoms with Gasteiger partial charge in [0.2, 0.25) is 9.84 Å². The van der Waals surface area contributed by atoms with E-state index < -0.39 is 15.9 Å². The third-order valence-electron chi connectivity index (χ3n) is 6.77. The number of hydrogen-bond donors (Lipinski definition) is 1. The molecule has 2 fully saturated rings. The lowest BCUT2D eigenvalue weighted by molar-refractivity contribution is -0.119. The van der Waals surface area contributed by atoms with Crippen LogP contribution in [0.5, 0.6) is 0 Å². The van der Waals surface area contributed by atoms with E-state index in [1.54, 1.807) is 24.3 Å². The van der Waals surface area contributed by atoms with Crippen molar-refractivity contribution in [1.29, 1.82) is 0 Å². The van der Waals surface area contributed by atoms with Gasteiger partial charge in [-0.2, -0.15) is 0 Å². The standard InChI is InChI=1S/C22H29N5O3S/c1-24-7-11-26(12-8-24)17-15-18(28)21(27-13-9-25(2)10-14-27)22-20(17)23-16-5-3-4-6-19(16)31(22,29)30/h3-6,15,21,23H,7-14H2,1-2H3. The Kier molecular flexibility index (Phi) is 5.16. The van der Waals surface area contributed by atoms with Gasteiger partial charge in [0.1, 0.15) is 6.04 Å². The number of carbonyl (C=O) groups excluding carboxylic acids is 1. The highest BCUT2D eigenvalue weighted by Gasteiger charge is 2.46. The SMILES string of the molecule is CN1CCN(C2=CC(=O)C(N3CCN(C)CC3)C3=C2Nc2ccccc2S3(=O)=O)CC1. The Morgan fingerprint density at radius 3 is 2.19 bits per heavy atom. The number of para-hydroxylation sites is 1. The van der Waals surface area contributed by atoms with Crippen LogP contribution in [-0.4, -0.2) is 106 Å². The molecule has 166 valence electrons. The highest BCUT2D eigenvalue weighted by atomic mass is 32.2. The van der Waals surface area contributed by atoms with Crippen LogP contribution >= 0.6 is 0 Å². The molecule has 1 aromatic rings. The van der Waals surface area contributed by atoms with Crippen LogP contribution in [0.2, 0.25) is 0 Å². The van der Waals surface area contributed by atoms with E-state index in [0.717, 1.165) is 39.3 Å². The summed E-state index contributed by atoms with van der Waals surface area (Å²) in [5, 5.41) is 3.40. The lowest BCUT2D eigenvalue weighted by atomic mass is 9.98. The summed E-state index contributed by atoms with van der Waals surface area (Å²) >= 11 is 0. The minimum Gasteiger partial charge on any atom is -0.367 e. The molecule has 2 saturated heterocycles. The molecule has 9 heteroatoms. The van der Waals surface area contributed by atoms with Gasteiger partial charge in [0, 0.05) is 58.4 Å². The van der Waals surface area contributed by atoms with E-state index in [1.165, 1.54) is 0 Å². The molecule has 0 radical (unpaired) electrons. The van der Waals surface area contributed by atoms with E-state index in [0.29, 0.717) is 30.2 Å². The number of ketones is 1. The summed E-state index contributed by atoms with van der Waals surface area (Å²) in [6.45, 7) is 6.22. The first-order chi connectivity index (χ1) is 14.9. The van der Waals surface area contributed by atoms with Gasteiger partial charge < -0.3 is 20.0 Å². The first-order valence-electron chi connectivity index (χ1n) is 10.8. The third kappa shape index (κ3) is 3.49. The molecule has 0 saturated carbocycles. The molecule has 0 bridgehead atoms. The summed E-state index contributed by atoms with van der Waals surface area (Å²) < 4.78 is 27.7. The Morgan fingerprint density at radius 1 is 0.903 bits per heavy atom. The van der Waals surface area contributed by atoms with Crippen molar-refractivity contribution >= 4 is 21.3 Å². The van der Waals surface area contributed by atoms with E-state index in [1.807, 2.05) is 18.0 Å². The lowest BCUT2D eigenvalue weighted by Gasteiger charge is -2.43. The topological polar surface area (TPSA) is 76.2 Å². The van der Waals surface area contributed by atoms with E-state index in [-0.39, 0.29) is 15.6 Å². The second-order valence-electron chi connectivity index (χ2n) is 8.83. The number of carbonyl (C=O) groups is 1. The molecule has 3 aliphatic heterocycles. The summed E-state index contributed by atoms with van der Waals surface area (Å²) in [6, 6.07) is 6.21. The number of fused-ring (bicyclic) bond motifs is 1. The lowest BCUT2D eigenvalue weighted by Crippen LogP contribution is -2.55. The maximum atomic E-state index is 13.8. The van der Waals surface area contributed by atoms with Crippen molar-refractivity contribution in [1.82, 2.24) is 19.6 Å². The highest BCUT2D eigenvalue weighted by Crippen LogP contribution is 2.42. The fourth-order valence-electron chi connectivity index (χ4n) is 4.86. The molecular weight excluding hydrogens is 414 g/mol. The molecule has 1 atom stereocenters. The van der Waals surface area contributed by atoms with Crippen LogP contribution in [-0.2, 0) is 14.6 Å². The molecular formula is C22H29N5O3S. The van der Waals surface area contributed by atoms with Gasteiger partial charge >= 0.3 is 0 Å². The Balaban J connectivity index is 1.62. The highest BCUT2D eigenvalue weighted by molar-refractivity contribution is 7.95. The average molecular weight is 444 g/mol. The maximum absolute atomic E-state index is 13.8. The van der Waals surface area contributed by atoms with Crippen molar-refractivity contribution in [3.05, 3.63) is 46.6 Å². The zero-order chi connectivity index (χ0) is 21.8. The molecule has 1 unspecified atom stereocenters. The molecule has 1 aromatic carbocycles. The quantitative estimate of drug-likeness (QED) is 0.705. The monoisotopic (exact) mass is 443 g/mol. The van der Waals surface area contributed by atoms with Gasteiger partial charge in [-0.15, -0.1) is 0 Å². The smallest absolute Gasteiger partial charge is 0.209 e. The zero-order valence-electron chi connectivity index (χ0n) is 18.0. The van der Waals surface area contributed by atoms with E-state index >= 15 is 0 Å². The minimum atomic E-state index is -3.81. The van der Waals surface area contributed by atoms with Gasteiger partial charge in [-0.1, -0.05) is 12.1 Å². The van der Waals surface area contributed by atoms with E-state index in [9.17, 15) is 13.2 Å². The molecule has 8 nitrogen and oxygen atoms in total. The summed E-state index contributed by atoms with van der Waals surface area (Å²) in [6.07, 6.45) is 1.67. The number of piperazine rings is 2. The van der Waals surface area contributed by atoms with Gasteiger partial charge in [0.15, 0.2) is 5.78 Å². The van der Waals surface area contributed by atoms with Crippen LogP contribution in [0.15, 0.2) is 51.5 Å². The minimum absolute atomic E-state index is 0.137. The summed E-state index contributed by atoms with van der Waals surface area (Å²) in [4.78, 5) is 22.5. The summed E-state index contributed by atoms with van der Waals surface area (Å²) in [5.74, 6) is -0.137. The molecule has 1 N–H and O–H groups in total. The Bertz CT molecular complexity index is 1060. The van der Waals surface area contributed by atoms with Crippen molar-refractivity contribution in [3.63, 3.8) is 0 Å². The number of rotatable bonds is 2. The zero-order valence-corrected chi connectivity index (χ0v) is 18.9. The Labute approximate surface area is 183 Å². The van der Waals surface area contributed by atoms with Gasteiger partial charge in [0.05, 0.1) is 26.9 Å². The van der Waals surface area contributed by atoms with E-state index in [4.69, 9.17) is 0 Å². The largest absolute Gasteiger partial charge is 0.367 e. The fraction of sp³-hybridized carbons (Fsp3) is 0.500. The second kappa shape index (κ2) is 7.74. The molecule has 3 heterocycles. The van der Waals surface area contributed by atoms with Crippen LogP contribution in [0, 0.1) is 0 Å². The average Bonchev–Trinajstić information content (AvgIpc) is 2.75. The third-order valence-corrected chi connectivity index (χ3v) is 8.71. The first-order valence-corrected chi connectivity index (χ1v) is 12.3. The summed E-state index contributed by atoms with van der Waals surface area (Å²) in [7, 11) is 0.315. The maximum Gasteiger partial charge on any atom is 0.209 e. The summed E-state index contributed by atoms with van der Waals surface area (Å²) in [5.41, 5.74) is 1.86. The number of benzene rings is 1. The molecule has 0 aromatic heterocycles. The van der Waals surface area contributed by atoms with Crippen molar-refractivity contribution in [3.8, 4) is 0 Å². The molecule has 0 spiro atoms. The van der Waals surface area contributed by atoms with Gasteiger partial charge in [-0.05, 0) is 26.2 Å². The van der Waals surface area contributed by atoms with Crippen molar-refractivity contribution < 1.29 is 13.2 Å². The normalized spacial score (nSPS) is 27.4. The van der Waals surface area contributed by atoms with Crippen LogP contribution in [0.25, 0.3) is 0 Å². The molecule has 0 amide bonds. The van der Waals surface area contributed by atoms with Gasteiger partial charge in [0.25, 0.3) is 0 Å². The Morgan fingerprint density at radius 2 is 1.52 bits per heavy atom. The molecule has 4 aliphatic rings. The number of likely N-dealkylation sites (N-methyl/N-ethyl adjacent to an activating group) is 2. The van der Waals surface area contributed by atoms with Crippen molar-refractivity contribution in [2.75, 3.05) is 71.8 Å². The number of anilines is 1. The van der Waals surface area contributed by atoms with Gasteiger partial charge in [-0.3, -0.25) is 9.69 Å². The van der Waals surface area contributed by atoms with Crippen molar-refractivity contribution in [2.45, 2.75) is 10.9 Å². The second-order valence-corrected chi connectivity index (χ2v) is 10.7. The number of nitrogens with zero attached hydrogens (tertiary/aromatic N) is 4. The molecule has 5 rings (SSSR count). The van der Waals surface area contributed by atoms with Crippen molar-refractivity contribution in [2.24, 2.45) is 0 Å². The van der Waals surface area contributed by atoms with Crippen LogP contribution in [0.1, 0.15) is 0 Å². The van der Waals surface area contributed by atoms with Crippen LogP contribution in [0.4, 0.5) is 5.69 Å². The molecule has 1 aliphatic carbocycles. The number of nitrogens with one attached hydrogen (secondary N) is 1. The Hall–Kier alpha value is -2.20. The predicted molar refractivity (Wildman–Crippen MR) is 119 cm³/mol. The van der Waals surface area contributed by atoms with Crippen LogP contribution in [0.3, 0.4) is 0 Å². The van der Waals surface area contributed by atoms with Gasteiger partial charge in [-0.25, -0.2) is 8.42 Å². The number of hydrogen-bond acceptors (Lipinski definition) is 8. The molecule has 31 heavy (non-hydrogen) atoms. The fourth-order valence-corrected chi connectivity index (χ4v) is 6.75. The number of sulfone groups is 1. The van der Waals surface area contributed by atoms with E-state index in [2.05, 4.69) is 27.1 Å².